The maximum atomic E-state index is 12.8. The molecule has 7 heteroatoms. The number of hydrogen-bond acceptors (Lipinski definition) is 5. The van der Waals surface area contributed by atoms with E-state index in [2.05, 4.69) is 20.3 Å². The van der Waals surface area contributed by atoms with Crippen LogP contribution in [0.15, 0.2) is 35.6 Å². The minimum atomic E-state index is -0.230. The third-order valence-corrected chi connectivity index (χ3v) is 3.69. The van der Waals surface area contributed by atoms with Gasteiger partial charge in [-0.15, -0.1) is 5.10 Å². The lowest BCUT2D eigenvalue weighted by Crippen LogP contribution is -1.93. The molecule has 3 rings (SSSR count). The smallest absolute Gasteiger partial charge is 0.182 e. The van der Waals surface area contributed by atoms with E-state index in [1.54, 1.807) is 23.9 Å². The minimum absolute atomic E-state index is 0.230. The van der Waals surface area contributed by atoms with Crippen molar-refractivity contribution in [1.82, 2.24) is 25.0 Å². The first-order chi connectivity index (χ1) is 9.24. The van der Waals surface area contributed by atoms with E-state index < -0.39 is 0 Å². The van der Waals surface area contributed by atoms with Gasteiger partial charge in [0.15, 0.2) is 11.2 Å². The van der Waals surface area contributed by atoms with Gasteiger partial charge in [0, 0.05) is 12.8 Å². The topological polar surface area (TPSA) is 56.5 Å². The van der Waals surface area contributed by atoms with Gasteiger partial charge in [0.05, 0.1) is 0 Å². The molecule has 19 heavy (non-hydrogen) atoms. The van der Waals surface area contributed by atoms with Crippen LogP contribution in [0.1, 0.15) is 5.56 Å². The Balaban J connectivity index is 1.83. The minimum Gasteiger partial charge on any atom is -0.230 e. The van der Waals surface area contributed by atoms with Crippen molar-refractivity contribution >= 4 is 22.9 Å². The molecule has 0 amide bonds. The van der Waals surface area contributed by atoms with Crippen LogP contribution in [0.5, 0.6) is 0 Å². The number of fused-ring (bicyclic) bond motifs is 1. The van der Waals surface area contributed by atoms with Crippen LogP contribution in [0.25, 0.3) is 11.2 Å². The van der Waals surface area contributed by atoms with Crippen LogP contribution < -0.4 is 0 Å². The maximum absolute atomic E-state index is 12.8. The summed E-state index contributed by atoms with van der Waals surface area (Å²) in [7, 11) is 1.79. The van der Waals surface area contributed by atoms with Crippen molar-refractivity contribution in [2.24, 2.45) is 7.05 Å². The predicted molar refractivity (Wildman–Crippen MR) is 70.1 cm³/mol. The van der Waals surface area contributed by atoms with Crippen molar-refractivity contribution in [2.75, 3.05) is 0 Å². The largest absolute Gasteiger partial charge is 0.230 e. The Kier molecular flexibility index (Phi) is 3.12. The average Bonchev–Trinajstić information content (AvgIpc) is 2.81. The van der Waals surface area contributed by atoms with Gasteiger partial charge in [0.25, 0.3) is 0 Å². The standard InChI is InChI=1S/C12H10FN5S/c1-18-11-10(16-17-18)12(15-7-14-11)19-6-8-2-4-9(13)5-3-8/h2-5,7H,6H2,1H3. The van der Waals surface area contributed by atoms with Gasteiger partial charge in [-0.1, -0.05) is 29.1 Å². The molecule has 0 saturated heterocycles. The summed E-state index contributed by atoms with van der Waals surface area (Å²) in [5, 5.41) is 8.76. The zero-order valence-corrected chi connectivity index (χ0v) is 10.9. The second kappa shape index (κ2) is 4.93. The quantitative estimate of drug-likeness (QED) is 0.541. The normalized spacial score (nSPS) is 11.1. The van der Waals surface area contributed by atoms with E-state index in [0.29, 0.717) is 16.9 Å². The summed E-state index contributed by atoms with van der Waals surface area (Å²) in [6.45, 7) is 0. The van der Waals surface area contributed by atoms with Crippen LogP contribution in [0, 0.1) is 5.82 Å². The number of nitrogens with zero attached hydrogens (tertiary/aromatic N) is 5. The first kappa shape index (κ1) is 12.0. The van der Waals surface area contributed by atoms with Gasteiger partial charge in [-0.3, -0.25) is 0 Å². The number of rotatable bonds is 3. The van der Waals surface area contributed by atoms with Crippen molar-refractivity contribution in [3.05, 3.63) is 42.0 Å². The van der Waals surface area contributed by atoms with E-state index >= 15 is 0 Å². The summed E-state index contributed by atoms with van der Waals surface area (Å²) in [5.74, 6) is 0.468. The molecule has 96 valence electrons. The summed E-state index contributed by atoms with van der Waals surface area (Å²) in [4.78, 5) is 8.35. The molecule has 2 aromatic heterocycles. The first-order valence-electron chi connectivity index (χ1n) is 5.61. The Morgan fingerprint density at radius 2 is 2.00 bits per heavy atom. The Morgan fingerprint density at radius 3 is 2.79 bits per heavy atom. The van der Waals surface area contributed by atoms with Gasteiger partial charge in [0.1, 0.15) is 17.2 Å². The molecule has 0 N–H and O–H groups in total. The molecule has 0 bridgehead atoms. The highest BCUT2D eigenvalue weighted by Crippen LogP contribution is 2.25. The van der Waals surface area contributed by atoms with Crippen LogP contribution >= 0.6 is 11.8 Å². The average molecular weight is 275 g/mol. The van der Waals surface area contributed by atoms with Crippen LogP contribution in [-0.4, -0.2) is 25.0 Å². The Hall–Kier alpha value is -2.02. The highest BCUT2D eigenvalue weighted by molar-refractivity contribution is 7.98. The molecule has 0 fully saturated rings. The summed E-state index contributed by atoms with van der Waals surface area (Å²) in [6, 6.07) is 6.43. The highest BCUT2D eigenvalue weighted by Gasteiger charge is 2.10. The van der Waals surface area contributed by atoms with Crippen molar-refractivity contribution < 1.29 is 4.39 Å². The zero-order valence-electron chi connectivity index (χ0n) is 10.1. The van der Waals surface area contributed by atoms with Crippen molar-refractivity contribution in [3.63, 3.8) is 0 Å². The Bertz CT molecular complexity index is 710. The molecular formula is C12H10FN5S. The van der Waals surface area contributed by atoms with Gasteiger partial charge in [0.2, 0.25) is 0 Å². The number of hydrogen-bond donors (Lipinski definition) is 0. The Morgan fingerprint density at radius 1 is 1.21 bits per heavy atom. The molecule has 0 spiro atoms. The fourth-order valence-electron chi connectivity index (χ4n) is 1.67. The van der Waals surface area contributed by atoms with Crippen LogP contribution in [0.3, 0.4) is 0 Å². The van der Waals surface area contributed by atoms with E-state index in [9.17, 15) is 4.39 Å². The summed E-state index contributed by atoms with van der Waals surface area (Å²) < 4.78 is 14.4. The molecule has 5 nitrogen and oxygen atoms in total. The van der Waals surface area contributed by atoms with Crippen LogP contribution in [0.4, 0.5) is 4.39 Å². The van der Waals surface area contributed by atoms with E-state index in [-0.39, 0.29) is 5.82 Å². The molecule has 0 atom stereocenters. The number of thioether (sulfide) groups is 1. The second-order valence-corrected chi connectivity index (χ2v) is 4.94. The number of aryl methyl sites for hydroxylation is 1. The lowest BCUT2D eigenvalue weighted by Gasteiger charge is -2.01. The fraction of sp³-hybridized carbons (Fsp3) is 0.167. The number of benzene rings is 1. The van der Waals surface area contributed by atoms with Gasteiger partial charge in [-0.05, 0) is 17.7 Å². The van der Waals surface area contributed by atoms with Gasteiger partial charge in [-0.2, -0.15) is 0 Å². The third-order valence-electron chi connectivity index (χ3n) is 2.64. The third kappa shape index (κ3) is 2.41. The molecule has 2 heterocycles. The molecular weight excluding hydrogens is 265 g/mol. The zero-order chi connectivity index (χ0) is 13.2. The molecule has 3 aromatic rings. The van der Waals surface area contributed by atoms with Gasteiger partial charge in [-0.25, -0.2) is 19.0 Å². The van der Waals surface area contributed by atoms with Crippen LogP contribution in [0.2, 0.25) is 0 Å². The molecule has 0 saturated carbocycles. The van der Waals surface area contributed by atoms with Crippen molar-refractivity contribution in [1.29, 1.82) is 0 Å². The maximum Gasteiger partial charge on any atom is 0.182 e. The lowest BCUT2D eigenvalue weighted by atomic mass is 10.2. The van der Waals surface area contributed by atoms with Crippen molar-refractivity contribution in [2.45, 2.75) is 10.8 Å². The monoisotopic (exact) mass is 275 g/mol. The number of aromatic nitrogens is 5. The summed E-state index contributed by atoms with van der Waals surface area (Å²) in [6.07, 6.45) is 1.50. The van der Waals surface area contributed by atoms with Gasteiger partial charge < -0.3 is 0 Å². The lowest BCUT2D eigenvalue weighted by molar-refractivity contribution is 0.627. The molecule has 0 unspecified atom stereocenters. The van der Waals surface area contributed by atoms with Crippen LogP contribution in [-0.2, 0) is 12.8 Å². The fourth-order valence-corrected chi connectivity index (χ4v) is 2.56. The first-order valence-corrected chi connectivity index (χ1v) is 6.60. The molecule has 0 aliphatic carbocycles. The van der Waals surface area contributed by atoms with E-state index in [1.807, 2.05) is 0 Å². The molecule has 1 aromatic carbocycles. The predicted octanol–water partition coefficient (Wildman–Crippen LogP) is 2.19. The molecule has 0 aliphatic heterocycles. The molecule has 0 radical (unpaired) electrons. The SMILES string of the molecule is Cn1nnc2c(SCc3ccc(F)cc3)ncnc21. The van der Waals surface area contributed by atoms with Gasteiger partial charge >= 0.3 is 0 Å². The molecule has 0 aliphatic rings. The van der Waals surface area contributed by atoms with Crippen molar-refractivity contribution in [3.8, 4) is 0 Å². The summed E-state index contributed by atoms with van der Waals surface area (Å²) in [5.41, 5.74) is 2.43. The summed E-state index contributed by atoms with van der Waals surface area (Å²) >= 11 is 1.53. The highest BCUT2D eigenvalue weighted by atomic mass is 32.2. The number of halogens is 1. The second-order valence-electron chi connectivity index (χ2n) is 3.98. The van der Waals surface area contributed by atoms with E-state index in [1.165, 1.54) is 30.2 Å². The van der Waals surface area contributed by atoms with E-state index in [0.717, 1.165) is 10.6 Å². The van der Waals surface area contributed by atoms with E-state index in [4.69, 9.17) is 0 Å². The Labute approximate surface area is 112 Å².